The lowest BCUT2D eigenvalue weighted by molar-refractivity contribution is 0.719. The zero-order valence-corrected chi connectivity index (χ0v) is 8.79. The molecule has 0 aliphatic carbocycles. The van der Waals surface area contributed by atoms with Crippen molar-refractivity contribution in [3.63, 3.8) is 0 Å². The second-order valence-corrected chi connectivity index (χ2v) is 4.05. The summed E-state index contributed by atoms with van der Waals surface area (Å²) >= 11 is 3.59. The van der Waals surface area contributed by atoms with E-state index in [0.29, 0.717) is 4.83 Å². The maximum Gasteiger partial charge on any atom is 0.129 e. The largest absolute Gasteiger partial charge is 0.241 e. The Balaban J connectivity index is 2.41. The first-order valence-electron chi connectivity index (χ1n) is 4.23. The van der Waals surface area contributed by atoms with Crippen molar-refractivity contribution in [3.8, 4) is 0 Å². The number of rotatable bonds is 4. The minimum atomic E-state index is 0.518. The van der Waals surface area contributed by atoms with Crippen molar-refractivity contribution >= 4 is 15.9 Å². The summed E-state index contributed by atoms with van der Waals surface area (Å²) in [6.45, 7) is 2.18. The summed E-state index contributed by atoms with van der Waals surface area (Å²) in [5.41, 5.74) is 0. The minimum absolute atomic E-state index is 0.518. The number of aromatic nitrogens is 2. The normalized spacial score (nSPS) is 12.8. The molecule has 0 saturated heterocycles. The maximum atomic E-state index is 4.16. The summed E-state index contributed by atoms with van der Waals surface area (Å²) in [6.07, 6.45) is 6.87. The third kappa shape index (κ3) is 3.30. The summed E-state index contributed by atoms with van der Waals surface area (Å²) in [4.78, 5) is 8.84. The Bertz CT molecular complexity index is 213. The third-order valence-corrected chi connectivity index (χ3v) is 2.41. The van der Waals surface area contributed by atoms with Gasteiger partial charge in [0.05, 0.1) is 0 Å². The molecule has 3 heteroatoms. The number of hydrogen-bond donors (Lipinski definition) is 0. The smallest absolute Gasteiger partial charge is 0.129 e. The number of alkyl halides is 1. The molecular formula is C9H13BrN2. The van der Waals surface area contributed by atoms with Crippen LogP contribution in [0.3, 0.4) is 0 Å². The first-order chi connectivity index (χ1) is 5.83. The molecule has 12 heavy (non-hydrogen) atoms. The van der Waals surface area contributed by atoms with Gasteiger partial charge in [-0.05, 0) is 12.5 Å². The average molecular weight is 229 g/mol. The van der Waals surface area contributed by atoms with Crippen LogP contribution in [0.15, 0.2) is 18.5 Å². The fourth-order valence-corrected chi connectivity index (χ4v) is 1.80. The molecule has 0 amide bonds. The molecule has 0 fully saturated rings. The standard InChI is InChI=1S/C9H13BrN2/c1-2-4-8(10)7-9-11-5-3-6-12-9/h3,5-6,8H,2,4,7H2,1H3. The Hall–Kier alpha value is -0.440. The van der Waals surface area contributed by atoms with Crippen LogP contribution < -0.4 is 0 Å². The highest BCUT2D eigenvalue weighted by Crippen LogP contribution is 2.11. The van der Waals surface area contributed by atoms with Gasteiger partial charge in [0, 0.05) is 23.6 Å². The SMILES string of the molecule is CCCC(Br)Cc1ncccn1. The molecule has 0 N–H and O–H groups in total. The van der Waals surface area contributed by atoms with E-state index in [1.165, 1.54) is 12.8 Å². The fourth-order valence-electron chi connectivity index (χ4n) is 1.05. The van der Waals surface area contributed by atoms with Crippen molar-refractivity contribution in [2.24, 2.45) is 0 Å². The van der Waals surface area contributed by atoms with Gasteiger partial charge in [-0.1, -0.05) is 29.3 Å². The van der Waals surface area contributed by atoms with Crippen LogP contribution in [0.4, 0.5) is 0 Å². The van der Waals surface area contributed by atoms with Crippen LogP contribution in [0.2, 0.25) is 0 Å². The second-order valence-electron chi connectivity index (χ2n) is 2.76. The first kappa shape index (κ1) is 9.65. The van der Waals surface area contributed by atoms with Crippen LogP contribution in [-0.2, 0) is 6.42 Å². The summed E-state index contributed by atoms with van der Waals surface area (Å²) < 4.78 is 0. The lowest BCUT2D eigenvalue weighted by Crippen LogP contribution is -2.05. The predicted octanol–water partition coefficient (Wildman–Crippen LogP) is 2.58. The molecule has 0 bridgehead atoms. The van der Waals surface area contributed by atoms with Gasteiger partial charge in [0.1, 0.15) is 5.82 Å². The lowest BCUT2D eigenvalue weighted by atomic mass is 10.2. The summed E-state index contributed by atoms with van der Waals surface area (Å²) in [5.74, 6) is 0.924. The van der Waals surface area contributed by atoms with Gasteiger partial charge in [0.2, 0.25) is 0 Å². The number of hydrogen-bond acceptors (Lipinski definition) is 2. The number of nitrogens with zero attached hydrogens (tertiary/aromatic N) is 2. The molecule has 0 aromatic carbocycles. The van der Waals surface area contributed by atoms with Crippen molar-refractivity contribution in [2.75, 3.05) is 0 Å². The van der Waals surface area contributed by atoms with E-state index in [2.05, 4.69) is 32.8 Å². The third-order valence-electron chi connectivity index (χ3n) is 1.63. The molecule has 1 rings (SSSR count). The van der Waals surface area contributed by atoms with Gasteiger partial charge >= 0.3 is 0 Å². The molecular weight excluding hydrogens is 216 g/mol. The van der Waals surface area contributed by atoms with E-state index in [1.807, 2.05) is 6.07 Å². The Morgan fingerprint density at radius 1 is 1.42 bits per heavy atom. The highest BCUT2D eigenvalue weighted by atomic mass is 79.9. The fraction of sp³-hybridized carbons (Fsp3) is 0.556. The Labute approximate surface area is 81.6 Å². The zero-order chi connectivity index (χ0) is 8.81. The van der Waals surface area contributed by atoms with Gasteiger partial charge in [-0.3, -0.25) is 0 Å². The van der Waals surface area contributed by atoms with Gasteiger partial charge in [-0.2, -0.15) is 0 Å². The van der Waals surface area contributed by atoms with E-state index < -0.39 is 0 Å². The molecule has 2 nitrogen and oxygen atoms in total. The van der Waals surface area contributed by atoms with Crippen molar-refractivity contribution in [3.05, 3.63) is 24.3 Å². The van der Waals surface area contributed by atoms with Crippen molar-refractivity contribution < 1.29 is 0 Å². The lowest BCUT2D eigenvalue weighted by Gasteiger charge is -2.05. The molecule has 1 aromatic heterocycles. The van der Waals surface area contributed by atoms with E-state index >= 15 is 0 Å². The molecule has 1 aromatic rings. The summed E-state index contributed by atoms with van der Waals surface area (Å²) in [7, 11) is 0. The molecule has 0 saturated carbocycles. The van der Waals surface area contributed by atoms with Crippen LogP contribution in [0, 0.1) is 0 Å². The van der Waals surface area contributed by atoms with E-state index in [4.69, 9.17) is 0 Å². The monoisotopic (exact) mass is 228 g/mol. The van der Waals surface area contributed by atoms with Gasteiger partial charge < -0.3 is 0 Å². The maximum absolute atomic E-state index is 4.16. The molecule has 0 radical (unpaired) electrons. The molecule has 0 spiro atoms. The molecule has 0 aliphatic heterocycles. The van der Waals surface area contributed by atoms with Crippen LogP contribution in [0.5, 0.6) is 0 Å². The van der Waals surface area contributed by atoms with Gasteiger partial charge in [-0.25, -0.2) is 9.97 Å². The van der Waals surface area contributed by atoms with Gasteiger partial charge in [0.25, 0.3) is 0 Å². The van der Waals surface area contributed by atoms with Crippen molar-refractivity contribution in [1.29, 1.82) is 0 Å². The molecule has 66 valence electrons. The topological polar surface area (TPSA) is 25.8 Å². The zero-order valence-electron chi connectivity index (χ0n) is 7.20. The highest BCUT2D eigenvalue weighted by Gasteiger charge is 2.04. The molecule has 1 unspecified atom stereocenters. The Kier molecular flexibility index (Phi) is 4.22. The van der Waals surface area contributed by atoms with Gasteiger partial charge in [-0.15, -0.1) is 0 Å². The molecule has 0 aliphatic rings. The average Bonchev–Trinajstić information content (AvgIpc) is 2.06. The van der Waals surface area contributed by atoms with Crippen molar-refractivity contribution in [1.82, 2.24) is 9.97 Å². The second kappa shape index (κ2) is 5.25. The number of halogens is 1. The minimum Gasteiger partial charge on any atom is -0.241 e. The quantitative estimate of drug-likeness (QED) is 0.741. The van der Waals surface area contributed by atoms with E-state index in [1.54, 1.807) is 12.4 Å². The Morgan fingerprint density at radius 2 is 2.08 bits per heavy atom. The molecule has 1 heterocycles. The van der Waals surface area contributed by atoms with Crippen LogP contribution in [0.1, 0.15) is 25.6 Å². The van der Waals surface area contributed by atoms with E-state index in [-0.39, 0.29) is 0 Å². The summed E-state index contributed by atoms with van der Waals surface area (Å²) in [6, 6.07) is 1.84. The van der Waals surface area contributed by atoms with Gasteiger partial charge in [0.15, 0.2) is 0 Å². The van der Waals surface area contributed by atoms with E-state index in [0.717, 1.165) is 12.2 Å². The van der Waals surface area contributed by atoms with Crippen LogP contribution in [-0.4, -0.2) is 14.8 Å². The highest BCUT2D eigenvalue weighted by molar-refractivity contribution is 9.09. The summed E-state index contributed by atoms with van der Waals surface area (Å²) in [5, 5.41) is 0. The Morgan fingerprint density at radius 3 is 2.67 bits per heavy atom. The van der Waals surface area contributed by atoms with E-state index in [9.17, 15) is 0 Å². The predicted molar refractivity (Wildman–Crippen MR) is 53.4 cm³/mol. The first-order valence-corrected chi connectivity index (χ1v) is 5.14. The van der Waals surface area contributed by atoms with Crippen LogP contribution >= 0.6 is 15.9 Å². The van der Waals surface area contributed by atoms with Crippen molar-refractivity contribution in [2.45, 2.75) is 31.0 Å². The van der Waals surface area contributed by atoms with Crippen LogP contribution in [0.25, 0.3) is 0 Å². The molecule has 1 atom stereocenters.